The minimum atomic E-state index is -1.20. The van der Waals surface area contributed by atoms with E-state index in [0.717, 1.165) is 6.07 Å². The van der Waals surface area contributed by atoms with Crippen LogP contribution < -0.4 is 0 Å². The highest BCUT2D eigenvalue weighted by Crippen LogP contribution is 2.30. The molecule has 0 saturated carbocycles. The molecule has 0 saturated heterocycles. The second-order valence-corrected chi connectivity index (χ2v) is 3.88. The summed E-state index contributed by atoms with van der Waals surface area (Å²) in [5.74, 6) is -1.20. The molecule has 2 rings (SSSR count). The number of rotatable bonds is 4. The number of nitro benzene ring substituents is 1. The fourth-order valence-electron chi connectivity index (χ4n) is 1.74. The first-order valence-electron chi connectivity index (χ1n) is 5.57. The summed E-state index contributed by atoms with van der Waals surface area (Å²) in [6, 6.07) is 3.83. The number of hydrogen-bond acceptors (Lipinski definition) is 4. The van der Waals surface area contributed by atoms with Crippen LogP contribution in [0.5, 0.6) is 0 Å². The van der Waals surface area contributed by atoms with Gasteiger partial charge in [0.15, 0.2) is 0 Å². The van der Waals surface area contributed by atoms with Crippen molar-refractivity contribution in [2.24, 2.45) is 0 Å². The van der Waals surface area contributed by atoms with Gasteiger partial charge in [0.2, 0.25) is 0 Å². The van der Waals surface area contributed by atoms with E-state index < -0.39 is 10.9 Å². The van der Waals surface area contributed by atoms with Gasteiger partial charge in [-0.15, -0.1) is 0 Å². The van der Waals surface area contributed by atoms with Gasteiger partial charge in [0, 0.05) is 24.4 Å². The Labute approximate surface area is 108 Å². The van der Waals surface area contributed by atoms with Gasteiger partial charge in [-0.3, -0.25) is 14.8 Å². The summed E-state index contributed by atoms with van der Waals surface area (Å²) < 4.78 is 1.64. The van der Waals surface area contributed by atoms with Crippen LogP contribution in [0.3, 0.4) is 0 Å². The number of carboxylic acid groups (broad SMARTS) is 1. The van der Waals surface area contributed by atoms with Crippen LogP contribution in [0.2, 0.25) is 0 Å². The quantitative estimate of drug-likeness (QED) is 0.671. The molecule has 0 unspecified atom stereocenters. The molecule has 98 valence electrons. The summed E-state index contributed by atoms with van der Waals surface area (Å²) in [7, 11) is 0. The van der Waals surface area contributed by atoms with Crippen molar-refractivity contribution in [2.45, 2.75) is 13.5 Å². The van der Waals surface area contributed by atoms with Gasteiger partial charge in [0.05, 0.1) is 22.2 Å². The maximum Gasteiger partial charge on any atom is 0.335 e. The number of aryl methyl sites for hydroxylation is 1. The molecule has 0 aliphatic rings. The summed E-state index contributed by atoms with van der Waals surface area (Å²) in [5, 5.41) is 23.9. The van der Waals surface area contributed by atoms with Crippen LogP contribution in [-0.2, 0) is 6.54 Å². The fraction of sp³-hybridized carbons (Fsp3) is 0.167. The molecule has 0 bridgehead atoms. The summed E-state index contributed by atoms with van der Waals surface area (Å²) in [6.07, 6.45) is 3.20. The van der Waals surface area contributed by atoms with Crippen molar-refractivity contribution in [1.29, 1.82) is 0 Å². The number of carboxylic acids is 1. The van der Waals surface area contributed by atoms with Gasteiger partial charge in [-0.2, -0.15) is 5.10 Å². The molecular weight excluding hydrogens is 250 g/mol. The third-order valence-electron chi connectivity index (χ3n) is 2.71. The second kappa shape index (κ2) is 4.89. The number of nitrogens with zero attached hydrogens (tertiary/aromatic N) is 3. The highest BCUT2D eigenvalue weighted by molar-refractivity contribution is 5.90. The Morgan fingerprint density at radius 1 is 1.53 bits per heavy atom. The largest absolute Gasteiger partial charge is 0.478 e. The first-order valence-corrected chi connectivity index (χ1v) is 5.57. The molecule has 0 aliphatic carbocycles. The molecule has 0 atom stereocenters. The van der Waals surface area contributed by atoms with E-state index in [1.54, 1.807) is 10.9 Å². The van der Waals surface area contributed by atoms with Crippen molar-refractivity contribution >= 4 is 11.7 Å². The Hall–Kier alpha value is -2.70. The third-order valence-corrected chi connectivity index (χ3v) is 2.71. The predicted molar refractivity (Wildman–Crippen MR) is 67.0 cm³/mol. The van der Waals surface area contributed by atoms with Gasteiger partial charge in [0.25, 0.3) is 5.69 Å². The van der Waals surface area contributed by atoms with E-state index in [2.05, 4.69) is 5.10 Å². The van der Waals surface area contributed by atoms with Gasteiger partial charge < -0.3 is 5.11 Å². The SMILES string of the molecule is CCn1cc(-c2ccc(C(=O)O)cc2[N+](=O)[O-])cn1. The molecule has 1 N–H and O–H groups in total. The number of benzene rings is 1. The molecule has 19 heavy (non-hydrogen) atoms. The van der Waals surface area contributed by atoms with Gasteiger partial charge in [-0.25, -0.2) is 4.79 Å². The maximum atomic E-state index is 11.0. The first kappa shape index (κ1) is 12.7. The number of hydrogen-bond donors (Lipinski definition) is 1. The lowest BCUT2D eigenvalue weighted by molar-refractivity contribution is -0.384. The molecule has 2 aromatic rings. The average molecular weight is 261 g/mol. The maximum absolute atomic E-state index is 11.0. The van der Waals surface area contributed by atoms with Crippen molar-refractivity contribution in [3.8, 4) is 11.1 Å². The lowest BCUT2D eigenvalue weighted by Gasteiger charge is -2.01. The average Bonchev–Trinajstić information content (AvgIpc) is 2.86. The van der Waals surface area contributed by atoms with E-state index in [1.165, 1.54) is 18.3 Å². The normalized spacial score (nSPS) is 10.4. The van der Waals surface area contributed by atoms with E-state index in [4.69, 9.17) is 5.11 Å². The Kier molecular flexibility index (Phi) is 3.28. The van der Waals surface area contributed by atoms with Crippen molar-refractivity contribution in [2.75, 3.05) is 0 Å². The highest BCUT2D eigenvalue weighted by Gasteiger charge is 2.19. The summed E-state index contributed by atoms with van der Waals surface area (Å²) in [5.41, 5.74) is 0.592. The summed E-state index contributed by atoms with van der Waals surface area (Å²) in [4.78, 5) is 21.3. The zero-order valence-electron chi connectivity index (χ0n) is 10.1. The Morgan fingerprint density at radius 2 is 2.26 bits per heavy atom. The molecule has 0 spiro atoms. The molecule has 1 aromatic carbocycles. The number of nitro groups is 1. The minimum absolute atomic E-state index is 0.113. The molecule has 1 aromatic heterocycles. The highest BCUT2D eigenvalue weighted by atomic mass is 16.6. The topological polar surface area (TPSA) is 98.3 Å². The summed E-state index contributed by atoms with van der Waals surface area (Å²) in [6.45, 7) is 2.56. The molecule has 0 aliphatic heterocycles. The molecule has 0 fully saturated rings. The van der Waals surface area contributed by atoms with Gasteiger partial charge in [-0.05, 0) is 19.1 Å². The number of aromatic carboxylic acids is 1. The second-order valence-electron chi connectivity index (χ2n) is 3.88. The van der Waals surface area contributed by atoms with Gasteiger partial charge >= 0.3 is 5.97 Å². The van der Waals surface area contributed by atoms with Gasteiger partial charge in [0.1, 0.15) is 0 Å². The minimum Gasteiger partial charge on any atom is -0.478 e. The zero-order chi connectivity index (χ0) is 14.0. The van der Waals surface area contributed by atoms with Crippen molar-refractivity contribution < 1.29 is 14.8 Å². The van der Waals surface area contributed by atoms with Crippen LogP contribution in [0.15, 0.2) is 30.6 Å². The van der Waals surface area contributed by atoms with Crippen LogP contribution >= 0.6 is 0 Å². The van der Waals surface area contributed by atoms with Crippen LogP contribution in [-0.4, -0.2) is 25.8 Å². The van der Waals surface area contributed by atoms with E-state index >= 15 is 0 Å². The van der Waals surface area contributed by atoms with Crippen LogP contribution in [0, 0.1) is 10.1 Å². The van der Waals surface area contributed by atoms with Crippen molar-refractivity contribution in [1.82, 2.24) is 9.78 Å². The molecule has 0 radical (unpaired) electrons. The first-order chi connectivity index (χ1) is 9.02. The van der Waals surface area contributed by atoms with Gasteiger partial charge in [-0.1, -0.05) is 0 Å². The standard InChI is InChI=1S/C12H11N3O4/c1-2-14-7-9(6-13-14)10-4-3-8(12(16)17)5-11(10)15(18)19/h3-7H,2H2,1H3,(H,16,17). The van der Waals surface area contributed by atoms with Crippen LogP contribution in [0.1, 0.15) is 17.3 Å². The Bertz CT molecular complexity index is 648. The summed E-state index contributed by atoms with van der Waals surface area (Å²) >= 11 is 0. The number of carbonyl (C=O) groups is 1. The number of aromatic nitrogens is 2. The lowest BCUT2D eigenvalue weighted by atomic mass is 10.0. The molecule has 7 heteroatoms. The van der Waals surface area contributed by atoms with Crippen molar-refractivity contribution in [3.63, 3.8) is 0 Å². The van der Waals surface area contributed by atoms with Crippen molar-refractivity contribution in [3.05, 3.63) is 46.3 Å². The van der Waals surface area contributed by atoms with Crippen LogP contribution in [0.25, 0.3) is 11.1 Å². The monoisotopic (exact) mass is 261 g/mol. The molecule has 7 nitrogen and oxygen atoms in total. The zero-order valence-corrected chi connectivity index (χ0v) is 10.1. The third kappa shape index (κ3) is 2.44. The smallest absolute Gasteiger partial charge is 0.335 e. The fourth-order valence-corrected chi connectivity index (χ4v) is 1.74. The Balaban J connectivity index is 2.56. The van der Waals surface area contributed by atoms with E-state index in [1.807, 2.05) is 6.92 Å². The van der Waals surface area contributed by atoms with E-state index in [0.29, 0.717) is 17.7 Å². The molecular formula is C12H11N3O4. The predicted octanol–water partition coefficient (Wildman–Crippen LogP) is 2.18. The Morgan fingerprint density at radius 3 is 2.79 bits per heavy atom. The molecule has 1 heterocycles. The van der Waals surface area contributed by atoms with Crippen LogP contribution in [0.4, 0.5) is 5.69 Å². The lowest BCUT2D eigenvalue weighted by Crippen LogP contribution is -1.99. The molecule has 0 amide bonds. The van der Waals surface area contributed by atoms with E-state index in [-0.39, 0.29) is 11.3 Å². The van der Waals surface area contributed by atoms with E-state index in [9.17, 15) is 14.9 Å².